The second-order valence-corrected chi connectivity index (χ2v) is 7.47. The van der Waals surface area contributed by atoms with Crippen molar-refractivity contribution in [3.8, 4) is 0 Å². The summed E-state index contributed by atoms with van der Waals surface area (Å²) in [5.74, 6) is -0.723. The van der Waals surface area contributed by atoms with Gasteiger partial charge in [-0.05, 0) is 44.9 Å². The molecule has 0 aromatic heterocycles. The van der Waals surface area contributed by atoms with Crippen molar-refractivity contribution in [2.75, 3.05) is 19.6 Å². The summed E-state index contributed by atoms with van der Waals surface area (Å²) in [4.78, 5) is 52.8. The van der Waals surface area contributed by atoms with E-state index in [1.54, 1.807) is 0 Å². The quantitative estimate of drug-likeness (QED) is 0.101. The highest BCUT2D eigenvalue weighted by atomic mass is 16.2. The fourth-order valence-corrected chi connectivity index (χ4v) is 3.37. The smallest absolute Gasteiger partial charge is 0.243 e. The van der Waals surface area contributed by atoms with Crippen molar-refractivity contribution in [2.45, 2.75) is 70.0 Å². The average Bonchev–Trinajstić information content (AvgIpc) is 3.18. The fraction of sp³-hybridized carbons (Fsp3) is 0.737. The number of aldehydes is 1. The third-order valence-corrected chi connectivity index (χ3v) is 4.93. The summed E-state index contributed by atoms with van der Waals surface area (Å²) < 4.78 is 0. The van der Waals surface area contributed by atoms with Crippen LogP contribution in [0.15, 0.2) is 4.99 Å². The van der Waals surface area contributed by atoms with Crippen LogP contribution in [0, 0.1) is 0 Å². The van der Waals surface area contributed by atoms with E-state index in [0.717, 1.165) is 6.42 Å². The van der Waals surface area contributed by atoms with Crippen LogP contribution < -0.4 is 27.8 Å². The van der Waals surface area contributed by atoms with Crippen molar-refractivity contribution in [1.29, 1.82) is 0 Å². The highest BCUT2D eigenvalue weighted by molar-refractivity contribution is 5.91. The molecule has 0 aliphatic carbocycles. The van der Waals surface area contributed by atoms with Gasteiger partial charge in [0.1, 0.15) is 12.3 Å². The van der Waals surface area contributed by atoms with Gasteiger partial charge >= 0.3 is 0 Å². The summed E-state index contributed by atoms with van der Waals surface area (Å²) in [6, 6.07) is -1.98. The minimum absolute atomic E-state index is 0.0201. The van der Waals surface area contributed by atoms with Gasteiger partial charge in [-0.3, -0.25) is 19.4 Å². The van der Waals surface area contributed by atoms with E-state index >= 15 is 0 Å². The number of carbonyl (C=O) groups is 4. The first kappa shape index (κ1) is 25.3. The van der Waals surface area contributed by atoms with E-state index in [4.69, 9.17) is 17.2 Å². The minimum atomic E-state index is -0.697. The number of nitrogens with one attached hydrogen (secondary N) is 2. The zero-order valence-electron chi connectivity index (χ0n) is 17.6. The molecule has 0 aromatic rings. The number of unbranched alkanes of at least 4 members (excludes halogenated alkanes) is 1. The number of nitrogens with zero attached hydrogens (tertiary/aromatic N) is 2. The van der Waals surface area contributed by atoms with E-state index in [1.165, 1.54) is 11.8 Å². The molecule has 0 unspecified atom stereocenters. The third-order valence-electron chi connectivity index (χ3n) is 4.93. The molecule has 3 amide bonds. The van der Waals surface area contributed by atoms with Crippen LogP contribution in [0.2, 0.25) is 0 Å². The van der Waals surface area contributed by atoms with Crippen LogP contribution in [0.1, 0.15) is 51.9 Å². The molecule has 1 heterocycles. The lowest BCUT2D eigenvalue weighted by Gasteiger charge is -2.27. The number of hydrogen-bond acceptors (Lipinski definition) is 6. The first-order valence-corrected chi connectivity index (χ1v) is 10.4. The van der Waals surface area contributed by atoms with Gasteiger partial charge in [0.05, 0.1) is 12.1 Å². The second kappa shape index (κ2) is 13.5. The van der Waals surface area contributed by atoms with E-state index in [-0.39, 0.29) is 23.7 Å². The maximum atomic E-state index is 12.7. The zero-order valence-corrected chi connectivity index (χ0v) is 17.6. The van der Waals surface area contributed by atoms with E-state index in [9.17, 15) is 19.2 Å². The summed E-state index contributed by atoms with van der Waals surface area (Å²) in [5, 5.41) is 5.40. The Labute approximate surface area is 177 Å². The van der Waals surface area contributed by atoms with Gasteiger partial charge in [-0.25, -0.2) is 0 Å². The van der Waals surface area contributed by atoms with E-state index in [2.05, 4.69) is 15.6 Å². The van der Waals surface area contributed by atoms with Crippen LogP contribution in [-0.2, 0) is 19.2 Å². The van der Waals surface area contributed by atoms with E-state index in [1.807, 2.05) is 0 Å². The van der Waals surface area contributed by atoms with Crippen LogP contribution in [0.25, 0.3) is 0 Å². The van der Waals surface area contributed by atoms with Gasteiger partial charge in [-0.1, -0.05) is 0 Å². The first-order chi connectivity index (χ1) is 14.3. The van der Waals surface area contributed by atoms with Crippen LogP contribution in [0.5, 0.6) is 0 Å². The van der Waals surface area contributed by atoms with Gasteiger partial charge < -0.3 is 37.5 Å². The minimum Gasteiger partial charge on any atom is -0.370 e. The molecule has 30 heavy (non-hydrogen) atoms. The molecule has 3 atom stereocenters. The topological polar surface area (TPSA) is 186 Å². The first-order valence-electron chi connectivity index (χ1n) is 10.4. The number of rotatable bonds is 13. The largest absolute Gasteiger partial charge is 0.370 e. The molecular formula is C19H35N7O4. The predicted octanol–water partition coefficient (Wildman–Crippen LogP) is -1.65. The third kappa shape index (κ3) is 9.21. The summed E-state index contributed by atoms with van der Waals surface area (Å²) in [6.07, 6.45) is 4.76. The summed E-state index contributed by atoms with van der Waals surface area (Å²) in [6.45, 7) is 2.83. The standard InChI is InChI=1S/C19H35N7O4/c1-13(28)23-9-3-2-7-15(20)18(30)26-11-5-8-16(26)17(29)25-14(12-27)6-4-10-24-19(21)22/h12,14-16H,2-11,20H2,1H3,(H,23,28)(H,25,29)(H4,21,22,24)/t14-,15+,16-/m0/s1. The monoisotopic (exact) mass is 425 g/mol. The van der Waals surface area contributed by atoms with Gasteiger partial charge in [0.2, 0.25) is 17.7 Å². The van der Waals surface area contributed by atoms with Crippen molar-refractivity contribution >= 4 is 30.0 Å². The Morgan fingerprint density at radius 1 is 1.20 bits per heavy atom. The van der Waals surface area contributed by atoms with E-state index < -0.39 is 18.1 Å². The molecule has 1 aliphatic heterocycles. The van der Waals surface area contributed by atoms with E-state index in [0.29, 0.717) is 64.4 Å². The molecule has 1 fully saturated rings. The number of amides is 3. The zero-order chi connectivity index (χ0) is 22.5. The van der Waals surface area contributed by atoms with Crippen LogP contribution in [0.3, 0.4) is 0 Å². The van der Waals surface area contributed by atoms with Crippen molar-refractivity contribution in [1.82, 2.24) is 15.5 Å². The normalized spacial score (nSPS) is 17.7. The molecule has 1 aliphatic rings. The van der Waals surface area contributed by atoms with Crippen LogP contribution in [0.4, 0.5) is 0 Å². The van der Waals surface area contributed by atoms with Gasteiger partial charge in [-0.2, -0.15) is 0 Å². The van der Waals surface area contributed by atoms with Gasteiger partial charge in [-0.15, -0.1) is 0 Å². The van der Waals surface area contributed by atoms with Gasteiger partial charge in [0.15, 0.2) is 5.96 Å². The Morgan fingerprint density at radius 2 is 1.93 bits per heavy atom. The number of carbonyl (C=O) groups excluding carboxylic acids is 4. The van der Waals surface area contributed by atoms with Crippen molar-refractivity contribution in [3.05, 3.63) is 0 Å². The van der Waals surface area contributed by atoms with Gasteiger partial charge in [0.25, 0.3) is 0 Å². The Balaban J connectivity index is 2.49. The number of aliphatic imine (C=N–C) groups is 1. The molecule has 0 spiro atoms. The highest BCUT2D eigenvalue weighted by Crippen LogP contribution is 2.19. The van der Waals surface area contributed by atoms with Crippen LogP contribution >= 0.6 is 0 Å². The maximum Gasteiger partial charge on any atom is 0.243 e. The number of hydrogen-bond donors (Lipinski definition) is 5. The molecule has 0 radical (unpaired) electrons. The summed E-state index contributed by atoms with van der Waals surface area (Å²) in [7, 11) is 0. The van der Waals surface area contributed by atoms with Crippen LogP contribution in [-0.4, -0.2) is 72.6 Å². The number of nitrogens with two attached hydrogens (primary N) is 3. The van der Waals surface area contributed by atoms with Crippen molar-refractivity contribution in [3.63, 3.8) is 0 Å². The predicted molar refractivity (Wildman–Crippen MR) is 113 cm³/mol. The molecular weight excluding hydrogens is 390 g/mol. The lowest BCUT2D eigenvalue weighted by atomic mass is 10.1. The molecule has 11 heteroatoms. The molecule has 0 bridgehead atoms. The molecule has 1 rings (SSSR count). The van der Waals surface area contributed by atoms with Gasteiger partial charge in [0, 0.05) is 26.6 Å². The SMILES string of the molecule is CC(=O)NCCCC[C@@H](N)C(=O)N1CCC[C@H]1C(=O)N[C@H](C=O)CCCN=C(N)N. The lowest BCUT2D eigenvalue weighted by molar-refractivity contribution is -0.140. The lowest BCUT2D eigenvalue weighted by Crippen LogP contribution is -2.53. The molecule has 0 aromatic carbocycles. The molecule has 8 N–H and O–H groups in total. The molecule has 0 saturated carbocycles. The van der Waals surface area contributed by atoms with Crippen molar-refractivity contribution in [2.24, 2.45) is 22.2 Å². The Bertz CT molecular complexity index is 622. The molecule has 1 saturated heterocycles. The average molecular weight is 426 g/mol. The number of guanidine groups is 1. The Kier molecular flexibility index (Phi) is 11.4. The Morgan fingerprint density at radius 3 is 2.57 bits per heavy atom. The number of likely N-dealkylation sites (tertiary alicyclic amines) is 1. The summed E-state index contributed by atoms with van der Waals surface area (Å²) in [5.41, 5.74) is 16.5. The molecule has 170 valence electrons. The van der Waals surface area contributed by atoms with Crippen molar-refractivity contribution < 1.29 is 19.2 Å². The second-order valence-electron chi connectivity index (χ2n) is 7.47. The Hall–Kier alpha value is -2.69. The highest BCUT2D eigenvalue weighted by Gasteiger charge is 2.36. The summed E-state index contributed by atoms with van der Waals surface area (Å²) >= 11 is 0. The maximum absolute atomic E-state index is 12.7. The molecule has 11 nitrogen and oxygen atoms in total. The fourth-order valence-electron chi connectivity index (χ4n) is 3.37.